The molecule has 1 aromatic heterocycles. The maximum absolute atomic E-state index is 11.6. The van der Waals surface area contributed by atoms with Crippen LogP contribution >= 0.6 is 23.5 Å². The van der Waals surface area contributed by atoms with Gasteiger partial charge in [-0.15, -0.1) is 0 Å². The summed E-state index contributed by atoms with van der Waals surface area (Å²) in [5, 5.41) is 0. The second-order valence-electron chi connectivity index (χ2n) is 3.70. The Balaban J connectivity index is 2.88. The Morgan fingerprint density at radius 3 is 2.29 bits per heavy atom. The number of nitrogens with two attached hydrogens (primary N) is 1. The van der Waals surface area contributed by atoms with Gasteiger partial charge >= 0.3 is 29.2 Å². The lowest BCUT2D eigenvalue weighted by Crippen LogP contribution is -2.13. The number of hydrogen-bond acceptors (Lipinski definition) is 10. The fraction of sp³-hybridized carbons (Fsp3) is 0.143. The Morgan fingerprint density at radius 2 is 1.75 bits per heavy atom. The van der Waals surface area contributed by atoms with Gasteiger partial charge in [0, 0.05) is 0 Å². The third-order valence-electron chi connectivity index (χ3n) is 1.76. The average Bonchev–Trinajstić information content (AvgIpc) is 2.37. The summed E-state index contributed by atoms with van der Waals surface area (Å²) in [5.41, 5.74) is 4.37. The van der Waals surface area contributed by atoms with E-state index in [-0.39, 0.29) is 0 Å². The molecule has 14 nitrogen and oxygen atoms in total. The van der Waals surface area contributed by atoms with Crippen LogP contribution in [-0.4, -0.2) is 24.6 Å². The molecule has 0 aliphatic heterocycles. The van der Waals surface area contributed by atoms with Crippen LogP contribution in [0.25, 0.3) is 0 Å². The standard InChI is InChI=1S/C7H12N3O11P3/c1-2-3-18-22(12,13)20-24(16,17)21-23(14,15)19-5-4-9-7(11)10-6(5)8/h2-4H,1H3,(H,12,13)(H,14,15)(H,16,17)(H3,8,9,10,11). The Bertz CT molecular complexity index is 819. The summed E-state index contributed by atoms with van der Waals surface area (Å²) in [6, 6.07) is 0. The number of aromatic nitrogens is 2. The third-order valence-corrected chi connectivity index (χ3v) is 5.88. The molecule has 24 heavy (non-hydrogen) atoms. The van der Waals surface area contributed by atoms with Gasteiger partial charge in [-0.25, -0.2) is 18.5 Å². The van der Waals surface area contributed by atoms with Crippen LogP contribution in [0.4, 0.5) is 5.82 Å². The number of phosphoric acid groups is 3. The number of nitrogens with one attached hydrogen (secondary N) is 1. The normalized spacial score (nSPS) is 19.2. The van der Waals surface area contributed by atoms with Crippen molar-refractivity contribution in [3.8, 4) is 5.75 Å². The van der Waals surface area contributed by atoms with Gasteiger partial charge in [-0.05, 0) is 6.92 Å². The van der Waals surface area contributed by atoms with E-state index in [0.29, 0.717) is 12.5 Å². The van der Waals surface area contributed by atoms with Crippen LogP contribution in [0.15, 0.2) is 23.3 Å². The molecule has 1 aromatic rings. The highest BCUT2D eigenvalue weighted by Crippen LogP contribution is 2.67. The molecule has 0 aliphatic rings. The fourth-order valence-electron chi connectivity index (χ4n) is 1.04. The molecule has 0 bridgehead atoms. The van der Waals surface area contributed by atoms with Crippen molar-refractivity contribution in [2.45, 2.75) is 6.92 Å². The number of allylic oxidation sites excluding steroid dienone is 1. The minimum atomic E-state index is -5.58. The maximum atomic E-state index is 11.6. The number of rotatable bonds is 8. The van der Waals surface area contributed by atoms with E-state index in [1.165, 1.54) is 6.92 Å². The van der Waals surface area contributed by atoms with Gasteiger partial charge in [0.15, 0.2) is 5.75 Å². The molecule has 0 aromatic carbocycles. The van der Waals surface area contributed by atoms with E-state index in [1.54, 1.807) is 0 Å². The van der Waals surface area contributed by atoms with Gasteiger partial charge in [0.1, 0.15) is 5.82 Å². The summed E-state index contributed by atoms with van der Waals surface area (Å²) >= 11 is 0. The van der Waals surface area contributed by atoms with E-state index in [2.05, 4.69) is 22.7 Å². The minimum Gasteiger partial charge on any atom is -0.412 e. The maximum Gasteiger partial charge on any atom is 0.536 e. The van der Waals surface area contributed by atoms with Crippen molar-refractivity contribution in [3.05, 3.63) is 29.0 Å². The molecular weight excluding hydrogens is 395 g/mol. The highest BCUT2D eigenvalue weighted by atomic mass is 31.3. The molecule has 136 valence electrons. The summed E-state index contributed by atoms with van der Waals surface area (Å²) < 4.78 is 50.4. The average molecular weight is 407 g/mol. The number of phosphoric ester groups is 2. The lowest BCUT2D eigenvalue weighted by atomic mass is 10.5. The Morgan fingerprint density at radius 1 is 1.17 bits per heavy atom. The Hall–Kier alpha value is -1.49. The van der Waals surface area contributed by atoms with Crippen molar-refractivity contribution in [1.82, 2.24) is 9.97 Å². The van der Waals surface area contributed by atoms with Gasteiger partial charge in [-0.1, -0.05) is 6.08 Å². The smallest absolute Gasteiger partial charge is 0.412 e. The first-order valence-electron chi connectivity index (χ1n) is 5.61. The van der Waals surface area contributed by atoms with Gasteiger partial charge in [-0.3, -0.25) is 14.8 Å². The molecule has 0 saturated carbocycles. The van der Waals surface area contributed by atoms with Gasteiger partial charge in [-0.2, -0.15) is 13.6 Å². The largest absolute Gasteiger partial charge is 0.536 e. The van der Waals surface area contributed by atoms with Gasteiger partial charge in [0.25, 0.3) is 0 Å². The van der Waals surface area contributed by atoms with Crippen LogP contribution in [-0.2, 0) is 26.8 Å². The van der Waals surface area contributed by atoms with Crippen molar-refractivity contribution in [3.63, 3.8) is 0 Å². The fourth-order valence-corrected chi connectivity index (χ4v) is 4.47. The van der Waals surface area contributed by atoms with E-state index in [1.807, 2.05) is 4.98 Å². The molecule has 3 unspecified atom stereocenters. The zero-order valence-corrected chi connectivity index (χ0v) is 14.4. The van der Waals surface area contributed by atoms with E-state index in [4.69, 9.17) is 10.6 Å². The zero-order valence-electron chi connectivity index (χ0n) is 11.7. The molecule has 1 rings (SSSR count). The van der Waals surface area contributed by atoms with E-state index in [9.17, 15) is 28.3 Å². The van der Waals surface area contributed by atoms with Crippen molar-refractivity contribution in [1.29, 1.82) is 0 Å². The topological polar surface area (TPSA) is 221 Å². The lowest BCUT2D eigenvalue weighted by molar-refractivity contribution is 0.201. The number of H-pyrrole nitrogens is 1. The Kier molecular flexibility index (Phi) is 6.51. The van der Waals surface area contributed by atoms with Crippen molar-refractivity contribution in [2.75, 3.05) is 5.73 Å². The zero-order chi connectivity index (χ0) is 18.6. The summed E-state index contributed by atoms with van der Waals surface area (Å²) in [6.45, 7) is 1.40. The van der Waals surface area contributed by atoms with Crippen molar-refractivity contribution >= 4 is 29.3 Å². The van der Waals surface area contributed by atoms with Crippen molar-refractivity contribution in [2.24, 2.45) is 0 Å². The summed E-state index contributed by atoms with van der Waals surface area (Å²) in [4.78, 5) is 43.6. The SMILES string of the molecule is CC=COP(=O)(O)OP(=O)(O)OP(=O)(O)Oc1cnc(=O)[nH]c1N. The van der Waals surface area contributed by atoms with Crippen molar-refractivity contribution < 1.29 is 46.0 Å². The lowest BCUT2D eigenvalue weighted by Gasteiger charge is -2.17. The first-order chi connectivity index (χ1) is 10.9. The number of anilines is 1. The van der Waals surface area contributed by atoms with E-state index < -0.39 is 40.7 Å². The van der Waals surface area contributed by atoms with Crippen LogP contribution in [0.1, 0.15) is 6.92 Å². The minimum absolute atomic E-state index is 0.536. The van der Waals surface area contributed by atoms with Crippen LogP contribution in [0, 0.1) is 0 Å². The highest BCUT2D eigenvalue weighted by Gasteiger charge is 2.43. The molecule has 0 aliphatic carbocycles. The molecule has 0 fully saturated rings. The van der Waals surface area contributed by atoms with Crippen LogP contribution in [0.3, 0.4) is 0 Å². The van der Waals surface area contributed by atoms with Gasteiger partial charge < -0.3 is 19.7 Å². The molecule has 1 heterocycles. The number of hydrogen-bond donors (Lipinski definition) is 5. The number of aromatic amines is 1. The second-order valence-corrected chi connectivity index (χ2v) is 8.21. The molecular formula is C7H12N3O11P3. The summed E-state index contributed by atoms with van der Waals surface area (Å²) in [7, 11) is -16.1. The number of nitrogens with zero attached hydrogens (tertiary/aromatic N) is 1. The summed E-state index contributed by atoms with van der Waals surface area (Å²) in [6.07, 6.45) is 2.46. The monoisotopic (exact) mass is 407 g/mol. The predicted octanol–water partition coefficient (Wildman–Crippen LogP) is 0.615. The van der Waals surface area contributed by atoms with Gasteiger partial charge in [0.05, 0.1) is 12.5 Å². The van der Waals surface area contributed by atoms with Crippen LogP contribution < -0.4 is 15.9 Å². The molecule has 17 heteroatoms. The number of nitrogen functional groups attached to an aromatic ring is 1. The first kappa shape index (κ1) is 20.6. The molecule has 0 saturated heterocycles. The second kappa shape index (κ2) is 7.60. The molecule has 0 radical (unpaired) electrons. The van der Waals surface area contributed by atoms with Crippen LogP contribution in [0.2, 0.25) is 0 Å². The Labute approximate surface area is 133 Å². The predicted molar refractivity (Wildman–Crippen MR) is 77.4 cm³/mol. The summed E-state index contributed by atoms with van der Waals surface area (Å²) in [5.74, 6) is -1.21. The van der Waals surface area contributed by atoms with E-state index >= 15 is 0 Å². The quantitative estimate of drug-likeness (QED) is 0.295. The van der Waals surface area contributed by atoms with E-state index in [0.717, 1.165) is 6.08 Å². The molecule has 0 spiro atoms. The van der Waals surface area contributed by atoms with Crippen LogP contribution in [0.5, 0.6) is 5.75 Å². The van der Waals surface area contributed by atoms with Gasteiger partial charge in [0.2, 0.25) is 0 Å². The first-order valence-corrected chi connectivity index (χ1v) is 10.1. The molecule has 3 atom stereocenters. The molecule has 0 amide bonds. The highest BCUT2D eigenvalue weighted by molar-refractivity contribution is 7.67. The third kappa shape index (κ3) is 6.95. The molecule has 6 N–H and O–H groups in total.